The summed E-state index contributed by atoms with van der Waals surface area (Å²) in [6.07, 6.45) is 2.33. The maximum atomic E-state index is 12.1. The lowest BCUT2D eigenvalue weighted by molar-refractivity contribution is -0.132. The molecule has 2 aromatic carbocycles. The Bertz CT molecular complexity index is 796. The molecule has 0 radical (unpaired) electrons. The Morgan fingerprint density at radius 2 is 1.88 bits per heavy atom. The molecule has 4 heteroatoms. The van der Waals surface area contributed by atoms with E-state index in [4.69, 9.17) is 4.74 Å². The van der Waals surface area contributed by atoms with Crippen molar-refractivity contribution in [2.24, 2.45) is 0 Å². The number of ether oxygens (including phenoxy) is 1. The Hall–Kier alpha value is -2.59. The van der Waals surface area contributed by atoms with Crippen LogP contribution in [0.15, 0.2) is 60.8 Å². The molecule has 3 aromatic rings. The van der Waals surface area contributed by atoms with Crippen molar-refractivity contribution in [2.75, 3.05) is 6.54 Å². The molecule has 24 heavy (non-hydrogen) atoms. The van der Waals surface area contributed by atoms with E-state index in [1.807, 2.05) is 48.7 Å². The van der Waals surface area contributed by atoms with Crippen LogP contribution in [0, 0.1) is 0 Å². The molecule has 0 aliphatic heterocycles. The fraction of sp³-hybridized carbons (Fsp3) is 0.250. The molecule has 1 aromatic heterocycles. The summed E-state index contributed by atoms with van der Waals surface area (Å²) in [5.74, 6) is -0.0780. The molecule has 2 N–H and O–H groups in total. The van der Waals surface area contributed by atoms with Gasteiger partial charge in [0, 0.05) is 23.6 Å². The number of H-pyrrole nitrogens is 1. The summed E-state index contributed by atoms with van der Waals surface area (Å²) in [5, 5.41) is 4.15. The first-order valence-corrected chi connectivity index (χ1v) is 8.22. The number of benzene rings is 2. The van der Waals surface area contributed by atoms with E-state index >= 15 is 0 Å². The van der Waals surface area contributed by atoms with Gasteiger partial charge in [-0.1, -0.05) is 48.5 Å². The van der Waals surface area contributed by atoms with Crippen molar-refractivity contribution in [3.63, 3.8) is 0 Å². The Morgan fingerprint density at radius 3 is 2.71 bits per heavy atom. The van der Waals surface area contributed by atoms with Crippen molar-refractivity contribution < 1.29 is 9.53 Å². The number of hydrogen-bond acceptors (Lipinski definition) is 2. The van der Waals surface area contributed by atoms with E-state index in [9.17, 15) is 4.79 Å². The lowest BCUT2D eigenvalue weighted by atomic mass is 10.1. The second kappa shape index (κ2) is 7.79. The largest absolute Gasteiger partial charge is 0.364 e. The highest BCUT2D eigenvalue weighted by molar-refractivity contribution is 5.83. The molecule has 124 valence electrons. The highest BCUT2D eigenvalue weighted by atomic mass is 16.5. The molecule has 4 nitrogen and oxygen atoms in total. The van der Waals surface area contributed by atoms with Crippen molar-refractivity contribution >= 4 is 16.8 Å². The maximum absolute atomic E-state index is 12.1. The SMILES string of the molecule is CC(OCc1ccccc1)C(=O)NCCc1c[nH]c2ccccc12. The third-order valence-electron chi connectivity index (χ3n) is 4.08. The number of nitrogens with one attached hydrogen (secondary N) is 2. The monoisotopic (exact) mass is 322 g/mol. The van der Waals surface area contributed by atoms with E-state index in [-0.39, 0.29) is 5.91 Å². The Labute approximate surface area is 141 Å². The van der Waals surface area contributed by atoms with Crippen molar-refractivity contribution in [2.45, 2.75) is 26.1 Å². The van der Waals surface area contributed by atoms with Gasteiger partial charge in [0.15, 0.2) is 0 Å². The summed E-state index contributed by atoms with van der Waals surface area (Å²) in [7, 11) is 0. The molecule has 1 heterocycles. The third-order valence-corrected chi connectivity index (χ3v) is 4.08. The zero-order valence-electron chi connectivity index (χ0n) is 13.8. The van der Waals surface area contributed by atoms with Crippen LogP contribution in [0.4, 0.5) is 0 Å². The molecular weight excluding hydrogens is 300 g/mol. The predicted octanol–water partition coefficient (Wildman–Crippen LogP) is 3.43. The number of amides is 1. The molecule has 0 spiro atoms. The van der Waals surface area contributed by atoms with Gasteiger partial charge >= 0.3 is 0 Å². The van der Waals surface area contributed by atoms with Gasteiger partial charge in [0.1, 0.15) is 6.10 Å². The van der Waals surface area contributed by atoms with Crippen LogP contribution in [0.1, 0.15) is 18.1 Å². The van der Waals surface area contributed by atoms with E-state index in [1.165, 1.54) is 10.9 Å². The molecule has 0 fully saturated rings. The molecule has 1 unspecified atom stereocenters. The van der Waals surface area contributed by atoms with Crippen molar-refractivity contribution in [3.8, 4) is 0 Å². The molecule has 0 aliphatic carbocycles. The number of carbonyl (C=O) groups excluding carboxylic acids is 1. The van der Waals surface area contributed by atoms with Gasteiger partial charge in [-0.3, -0.25) is 4.79 Å². The number of hydrogen-bond donors (Lipinski definition) is 2. The fourth-order valence-corrected chi connectivity index (χ4v) is 2.67. The van der Waals surface area contributed by atoms with Gasteiger partial charge in [-0.15, -0.1) is 0 Å². The lowest BCUT2D eigenvalue weighted by Crippen LogP contribution is -2.35. The number of aromatic amines is 1. The highest BCUT2D eigenvalue weighted by Gasteiger charge is 2.13. The zero-order chi connectivity index (χ0) is 16.8. The molecule has 3 rings (SSSR count). The van der Waals surface area contributed by atoms with E-state index in [2.05, 4.69) is 22.4 Å². The summed E-state index contributed by atoms with van der Waals surface area (Å²) in [6.45, 7) is 2.82. The van der Waals surface area contributed by atoms with Gasteiger partial charge in [0.05, 0.1) is 6.61 Å². The van der Waals surface area contributed by atoms with Crippen LogP contribution in [0.3, 0.4) is 0 Å². The van der Waals surface area contributed by atoms with Gasteiger partial charge < -0.3 is 15.0 Å². The molecule has 0 saturated carbocycles. The second-order valence-electron chi connectivity index (χ2n) is 5.84. The van der Waals surface area contributed by atoms with Crippen LogP contribution in [0.2, 0.25) is 0 Å². The first-order chi connectivity index (χ1) is 11.7. The Kier molecular flexibility index (Phi) is 5.29. The van der Waals surface area contributed by atoms with Gasteiger partial charge in [-0.2, -0.15) is 0 Å². The van der Waals surface area contributed by atoms with Crippen molar-refractivity contribution in [1.82, 2.24) is 10.3 Å². The van der Waals surface area contributed by atoms with Crippen LogP contribution in [-0.4, -0.2) is 23.5 Å². The van der Waals surface area contributed by atoms with Crippen LogP contribution in [0.5, 0.6) is 0 Å². The Morgan fingerprint density at radius 1 is 1.12 bits per heavy atom. The first-order valence-electron chi connectivity index (χ1n) is 8.22. The highest BCUT2D eigenvalue weighted by Crippen LogP contribution is 2.17. The van der Waals surface area contributed by atoms with Crippen LogP contribution in [0.25, 0.3) is 10.9 Å². The summed E-state index contributed by atoms with van der Waals surface area (Å²) in [4.78, 5) is 15.4. The molecule has 1 atom stereocenters. The van der Waals surface area contributed by atoms with Crippen LogP contribution < -0.4 is 5.32 Å². The summed E-state index contributed by atoms with van der Waals surface area (Å²) >= 11 is 0. The lowest BCUT2D eigenvalue weighted by Gasteiger charge is -2.13. The number of carbonyl (C=O) groups is 1. The maximum Gasteiger partial charge on any atom is 0.248 e. The number of rotatable bonds is 7. The zero-order valence-corrected chi connectivity index (χ0v) is 13.8. The molecule has 0 saturated heterocycles. The average molecular weight is 322 g/mol. The average Bonchev–Trinajstić information content (AvgIpc) is 3.04. The van der Waals surface area contributed by atoms with Crippen molar-refractivity contribution in [3.05, 3.63) is 71.9 Å². The minimum atomic E-state index is -0.465. The normalized spacial score (nSPS) is 12.2. The van der Waals surface area contributed by atoms with Crippen LogP contribution in [-0.2, 0) is 22.6 Å². The number of aromatic nitrogens is 1. The third kappa shape index (κ3) is 4.03. The smallest absolute Gasteiger partial charge is 0.248 e. The van der Waals surface area contributed by atoms with Crippen LogP contribution >= 0.6 is 0 Å². The molecule has 1 amide bonds. The summed E-state index contributed by atoms with van der Waals surface area (Å²) in [5.41, 5.74) is 3.40. The molecule has 0 bridgehead atoms. The number of fused-ring (bicyclic) bond motifs is 1. The first kappa shape index (κ1) is 16.3. The van der Waals surface area contributed by atoms with E-state index in [0.29, 0.717) is 13.2 Å². The summed E-state index contributed by atoms with van der Waals surface area (Å²) in [6, 6.07) is 18.0. The topological polar surface area (TPSA) is 54.1 Å². The van der Waals surface area contributed by atoms with Crippen molar-refractivity contribution in [1.29, 1.82) is 0 Å². The standard InChI is InChI=1S/C20H22N2O2/c1-15(24-14-16-7-3-2-4-8-16)20(23)21-12-11-17-13-22-19-10-6-5-9-18(17)19/h2-10,13,15,22H,11-12,14H2,1H3,(H,21,23). The van der Waals surface area contributed by atoms with Gasteiger partial charge in [-0.25, -0.2) is 0 Å². The number of para-hydroxylation sites is 1. The van der Waals surface area contributed by atoms with Gasteiger partial charge in [-0.05, 0) is 30.5 Å². The molecule has 0 aliphatic rings. The predicted molar refractivity (Wildman–Crippen MR) is 95.7 cm³/mol. The fourth-order valence-electron chi connectivity index (χ4n) is 2.67. The quantitative estimate of drug-likeness (QED) is 0.700. The summed E-state index contributed by atoms with van der Waals surface area (Å²) < 4.78 is 5.63. The van der Waals surface area contributed by atoms with Gasteiger partial charge in [0.25, 0.3) is 0 Å². The van der Waals surface area contributed by atoms with E-state index in [1.54, 1.807) is 6.92 Å². The second-order valence-corrected chi connectivity index (χ2v) is 5.84. The minimum absolute atomic E-state index is 0.0780. The molecular formula is C20H22N2O2. The van der Waals surface area contributed by atoms with E-state index in [0.717, 1.165) is 17.5 Å². The van der Waals surface area contributed by atoms with E-state index < -0.39 is 6.10 Å². The van der Waals surface area contributed by atoms with Gasteiger partial charge in [0.2, 0.25) is 5.91 Å². The Balaban J connectivity index is 1.45. The minimum Gasteiger partial charge on any atom is -0.364 e.